The number of carbonyl (C=O) groups is 1. The smallest absolute Gasteiger partial charge is 0.239 e. The number of methoxy groups -OCH3 is 2. The number of benzene rings is 1. The molecule has 0 heterocycles. The molecule has 0 bridgehead atoms. The Bertz CT molecular complexity index is 642. The van der Waals surface area contributed by atoms with Gasteiger partial charge < -0.3 is 19.7 Å². The lowest BCUT2D eigenvalue weighted by Gasteiger charge is -2.17. The molecule has 1 aromatic rings. The van der Waals surface area contributed by atoms with Crippen molar-refractivity contribution < 1.29 is 22.7 Å². The van der Waals surface area contributed by atoms with Crippen LogP contribution in [0.1, 0.15) is 13.8 Å². The number of nitrogens with zero attached hydrogens (tertiary/aromatic N) is 1. The second kappa shape index (κ2) is 9.48. The van der Waals surface area contributed by atoms with Crippen LogP contribution in [-0.4, -0.2) is 64.6 Å². The van der Waals surface area contributed by atoms with Crippen LogP contribution >= 0.6 is 0 Å². The first-order valence-electron chi connectivity index (χ1n) is 7.79. The van der Waals surface area contributed by atoms with Crippen LogP contribution in [0.2, 0.25) is 0 Å². The molecule has 0 radical (unpaired) electrons. The van der Waals surface area contributed by atoms with Crippen LogP contribution in [0.25, 0.3) is 0 Å². The highest BCUT2D eigenvalue weighted by atomic mass is 32.2. The zero-order valence-corrected chi connectivity index (χ0v) is 15.5. The van der Waals surface area contributed by atoms with E-state index in [4.69, 9.17) is 9.47 Å². The van der Waals surface area contributed by atoms with Gasteiger partial charge in [-0.25, -0.2) is 8.42 Å². The molecule has 0 unspecified atom stereocenters. The Kier molecular flexibility index (Phi) is 8.00. The number of rotatable bonds is 10. The molecule has 136 valence electrons. The average molecular weight is 358 g/mol. The molecule has 1 N–H and O–H groups in total. The summed E-state index contributed by atoms with van der Waals surface area (Å²) in [6.45, 7) is 5.94. The predicted octanol–water partition coefficient (Wildman–Crippen LogP) is 1.40. The Balaban J connectivity index is 2.65. The van der Waals surface area contributed by atoms with Gasteiger partial charge in [0.1, 0.15) is 5.75 Å². The van der Waals surface area contributed by atoms with Gasteiger partial charge in [0, 0.05) is 18.3 Å². The molecule has 1 aromatic carbocycles. The normalized spacial score (nSPS) is 11.4. The topological polar surface area (TPSA) is 84.9 Å². The van der Waals surface area contributed by atoms with Crippen LogP contribution < -0.4 is 14.8 Å². The van der Waals surface area contributed by atoms with Gasteiger partial charge in [-0.2, -0.15) is 0 Å². The van der Waals surface area contributed by atoms with Crippen molar-refractivity contribution in [1.29, 1.82) is 0 Å². The van der Waals surface area contributed by atoms with E-state index >= 15 is 0 Å². The van der Waals surface area contributed by atoms with Crippen molar-refractivity contribution in [3.05, 3.63) is 18.2 Å². The molecule has 1 amide bonds. The lowest BCUT2D eigenvalue weighted by molar-refractivity contribution is -0.113. The van der Waals surface area contributed by atoms with Crippen LogP contribution in [-0.2, 0) is 14.6 Å². The maximum absolute atomic E-state index is 12.1. The van der Waals surface area contributed by atoms with Crippen molar-refractivity contribution in [3.8, 4) is 11.5 Å². The fourth-order valence-corrected chi connectivity index (χ4v) is 3.34. The van der Waals surface area contributed by atoms with Gasteiger partial charge in [0.2, 0.25) is 5.91 Å². The summed E-state index contributed by atoms with van der Waals surface area (Å²) >= 11 is 0. The molecule has 7 nitrogen and oxygen atoms in total. The molecule has 0 aliphatic carbocycles. The summed E-state index contributed by atoms with van der Waals surface area (Å²) in [7, 11) is -0.455. The standard InChI is InChI=1S/C16H26N2O5S/c1-5-18(6-2)9-10-24(20,21)12-16(19)17-13-7-8-14(22-3)15(11-13)23-4/h7-8,11H,5-6,9-10,12H2,1-4H3,(H,17,19). The quantitative estimate of drug-likeness (QED) is 0.680. The molecule has 1 rings (SSSR count). The van der Waals surface area contributed by atoms with Gasteiger partial charge in [0.25, 0.3) is 0 Å². The van der Waals surface area contributed by atoms with E-state index in [-0.39, 0.29) is 5.75 Å². The number of anilines is 1. The fourth-order valence-electron chi connectivity index (χ4n) is 2.19. The van der Waals surface area contributed by atoms with E-state index < -0.39 is 21.5 Å². The third-order valence-corrected chi connectivity index (χ3v) is 5.14. The largest absolute Gasteiger partial charge is 0.493 e. The van der Waals surface area contributed by atoms with Gasteiger partial charge in [-0.1, -0.05) is 13.8 Å². The molecule has 0 atom stereocenters. The monoisotopic (exact) mass is 358 g/mol. The van der Waals surface area contributed by atoms with Gasteiger partial charge >= 0.3 is 0 Å². The summed E-state index contributed by atoms with van der Waals surface area (Å²) in [6.07, 6.45) is 0. The van der Waals surface area contributed by atoms with Gasteiger partial charge in [-0.05, 0) is 25.2 Å². The Labute approximate surface area is 143 Å². The molecule has 0 spiro atoms. The van der Waals surface area contributed by atoms with Gasteiger partial charge in [-0.3, -0.25) is 4.79 Å². The number of sulfone groups is 1. The Morgan fingerprint density at radius 2 is 1.75 bits per heavy atom. The molecule has 0 saturated heterocycles. The molecule has 0 saturated carbocycles. The average Bonchev–Trinajstić information content (AvgIpc) is 2.54. The van der Waals surface area contributed by atoms with Crippen LogP contribution in [0.3, 0.4) is 0 Å². The van der Waals surface area contributed by atoms with E-state index in [1.54, 1.807) is 18.2 Å². The maximum atomic E-state index is 12.1. The molecule has 0 aliphatic rings. The van der Waals surface area contributed by atoms with E-state index in [1.165, 1.54) is 14.2 Å². The molecular formula is C16H26N2O5S. The zero-order valence-electron chi connectivity index (χ0n) is 14.7. The summed E-state index contributed by atoms with van der Waals surface area (Å²) in [5.41, 5.74) is 0.455. The first kappa shape index (κ1) is 20.2. The second-order valence-corrected chi connectivity index (χ2v) is 7.42. The van der Waals surface area contributed by atoms with Gasteiger partial charge in [-0.15, -0.1) is 0 Å². The molecule has 0 fully saturated rings. The first-order valence-corrected chi connectivity index (χ1v) is 9.62. The van der Waals surface area contributed by atoms with Crippen molar-refractivity contribution in [2.24, 2.45) is 0 Å². The fraction of sp³-hybridized carbons (Fsp3) is 0.562. The van der Waals surface area contributed by atoms with E-state index in [1.807, 2.05) is 18.7 Å². The Morgan fingerprint density at radius 1 is 1.12 bits per heavy atom. The van der Waals surface area contributed by atoms with Crippen molar-refractivity contribution in [2.45, 2.75) is 13.8 Å². The van der Waals surface area contributed by atoms with Gasteiger partial charge in [0.15, 0.2) is 21.3 Å². The SMILES string of the molecule is CCN(CC)CCS(=O)(=O)CC(=O)Nc1ccc(OC)c(OC)c1. The lowest BCUT2D eigenvalue weighted by atomic mass is 10.2. The number of ether oxygens (including phenoxy) is 2. The minimum atomic E-state index is -3.45. The molecule has 0 aliphatic heterocycles. The molecule has 24 heavy (non-hydrogen) atoms. The summed E-state index contributed by atoms with van der Waals surface area (Å²) in [5.74, 6) is -0.153. The first-order chi connectivity index (χ1) is 11.3. The Hall–Kier alpha value is -1.80. The van der Waals surface area contributed by atoms with Crippen molar-refractivity contribution in [1.82, 2.24) is 4.90 Å². The number of hydrogen-bond acceptors (Lipinski definition) is 6. The zero-order chi connectivity index (χ0) is 18.2. The minimum Gasteiger partial charge on any atom is -0.493 e. The number of amides is 1. The van der Waals surface area contributed by atoms with E-state index in [2.05, 4.69) is 5.32 Å². The summed E-state index contributed by atoms with van der Waals surface area (Å²) < 4.78 is 34.4. The van der Waals surface area contributed by atoms with Crippen molar-refractivity contribution in [3.63, 3.8) is 0 Å². The van der Waals surface area contributed by atoms with Crippen LogP contribution in [0.4, 0.5) is 5.69 Å². The number of carbonyl (C=O) groups excluding carboxylic acids is 1. The number of nitrogens with one attached hydrogen (secondary N) is 1. The van der Waals surface area contributed by atoms with Crippen molar-refractivity contribution in [2.75, 3.05) is 50.7 Å². The van der Waals surface area contributed by atoms with Crippen molar-refractivity contribution >= 4 is 21.4 Å². The minimum absolute atomic E-state index is 0.0337. The maximum Gasteiger partial charge on any atom is 0.239 e. The molecule has 8 heteroatoms. The highest BCUT2D eigenvalue weighted by Crippen LogP contribution is 2.29. The second-order valence-electron chi connectivity index (χ2n) is 5.24. The van der Waals surface area contributed by atoms with Crippen LogP contribution in [0.15, 0.2) is 18.2 Å². The third-order valence-electron chi connectivity index (χ3n) is 3.63. The third kappa shape index (κ3) is 6.37. The predicted molar refractivity (Wildman–Crippen MR) is 94.6 cm³/mol. The van der Waals surface area contributed by atoms with E-state index in [0.717, 1.165) is 13.1 Å². The lowest BCUT2D eigenvalue weighted by Crippen LogP contribution is -2.32. The summed E-state index contributed by atoms with van der Waals surface area (Å²) in [5, 5.41) is 2.57. The van der Waals surface area contributed by atoms with Crippen LogP contribution in [0, 0.1) is 0 Å². The Morgan fingerprint density at radius 3 is 2.29 bits per heavy atom. The molecular weight excluding hydrogens is 332 g/mol. The van der Waals surface area contributed by atoms with E-state index in [0.29, 0.717) is 23.7 Å². The highest BCUT2D eigenvalue weighted by molar-refractivity contribution is 7.92. The number of hydrogen-bond donors (Lipinski definition) is 1. The highest BCUT2D eigenvalue weighted by Gasteiger charge is 2.18. The summed E-state index contributed by atoms with van der Waals surface area (Å²) in [4.78, 5) is 14.0. The van der Waals surface area contributed by atoms with E-state index in [9.17, 15) is 13.2 Å². The molecule has 0 aromatic heterocycles. The summed E-state index contributed by atoms with van der Waals surface area (Å²) in [6, 6.07) is 4.85. The van der Waals surface area contributed by atoms with Crippen LogP contribution in [0.5, 0.6) is 11.5 Å². The van der Waals surface area contributed by atoms with Gasteiger partial charge in [0.05, 0.1) is 20.0 Å².